The number of carbonyl (C=O) groups is 1. The Hall–Kier alpha value is -1.29. The van der Waals surface area contributed by atoms with E-state index in [1.807, 2.05) is 13.0 Å². The number of aldehydes is 1. The molecule has 0 unspecified atom stereocenters. The van der Waals surface area contributed by atoms with E-state index in [-0.39, 0.29) is 5.04 Å². The van der Waals surface area contributed by atoms with Gasteiger partial charge in [0.2, 0.25) is 0 Å². The van der Waals surface area contributed by atoms with Gasteiger partial charge in [0, 0.05) is 5.56 Å². The van der Waals surface area contributed by atoms with Gasteiger partial charge in [0.25, 0.3) is 8.32 Å². The molecule has 106 valence electrons. The Morgan fingerprint density at radius 2 is 1.79 bits per heavy atom. The lowest BCUT2D eigenvalue weighted by molar-refractivity contribution is 0.112. The first-order chi connectivity index (χ1) is 8.62. The Kier molecular flexibility index (Phi) is 4.45. The average molecular weight is 280 g/mol. The Morgan fingerprint density at radius 1 is 1.21 bits per heavy atom. The molecule has 1 rings (SSSR count). The predicted octanol–water partition coefficient (Wildman–Crippen LogP) is 4.20. The standard InChI is InChI=1S/C15H24O3Si/c1-11-8-12(10-16)9-13(17-5)14(11)18-19(6,7)15(2,3)4/h8-10H,1-7H3. The fraction of sp³-hybridized carbons (Fsp3) is 0.533. The van der Waals surface area contributed by atoms with Crippen LogP contribution < -0.4 is 9.16 Å². The van der Waals surface area contributed by atoms with Gasteiger partial charge in [0.1, 0.15) is 12.0 Å². The van der Waals surface area contributed by atoms with Gasteiger partial charge < -0.3 is 9.16 Å². The molecule has 0 amide bonds. The van der Waals surface area contributed by atoms with Gasteiger partial charge in [-0.05, 0) is 42.8 Å². The van der Waals surface area contributed by atoms with Crippen molar-refractivity contribution in [3.8, 4) is 11.5 Å². The number of aryl methyl sites for hydroxylation is 1. The Labute approximate surface area is 117 Å². The molecule has 0 spiro atoms. The van der Waals surface area contributed by atoms with Crippen molar-refractivity contribution in [2.24, 2.45) is 0 Å². The van der Waals surface area contributed by atoms with Gasteiger partial charge >= 0.3 is 0 Å². The second-order valence-electron chi connectivity index (χ2n) is 6.35. The highest BCUT2D eigenvalue weighted by molar-refractivity contribution is 6.74. The number of hydrogen-bond donors (Lipinski definition) is 0. The van der Waals surface area contributed by atoms with E-state index in [2.05, 4.69) is 33.9 Å². The molecule has 0 bridgehead atoms. The molecule has 0 atom stereocenters. The zero-order valence-electron chi connectivity index (χ0n) is 13.0. The maximum absolute atomic E-state index is 10.9. The van der Waals surface area contributed by atoms with Crippen LogP contribution in [0.1, 0.15) is 36.7 Å². The van der Waals surface area contributed by atoms with Crippen LogP contribution in [0.4, 0.5) is 0 Å². The minimum absolute atomic E-state index is 0.119. The van der Waals surface area contributed by atoms with Gasteiger partial charge in [-0.1, -0.05) is 20.8 Å². The molecule has 1 aromatic carbocycles. The molecule has 4 heteroatoms. The van der Waals surface area contributed by atoms with Crippen LogP contribution in [-0.4, -0.2) is 21.7 Å². The molecule has 0 aromatic heterocycles. The lowest BCUT2D eigenvalue weighted by Gasteiger charge is -2.37. The summed E-state index contributed by atoms with van der Waals surface area (Å²) in [6, 6.07) is 3.56. The Bertz CT molecular complexity index is 473. The van der Waals surface area contributed by atoms with E-state index in [0.29, 0.717) is 11.3 Å². The summed E-state index contributed by atoms with van der Waals surface area (Å²) >= 11 is 0. The molecule has 3 nitrogen and oxygen atoms in total. The molecule has 0 radical (unpaired) electrons. The van der Waals surface area contributed by atoms with Crippen LogP contribution in [0.5, 0.6) is 11.5 Å². The maximum atomic E-state index is 10.9. The predicted molar refractivity (Wildman–Crippen MR) is 80.9 cm³/mol. The molecule has 0 aliphatic heterocycles. The van der Waals surface area contributed by atoms with Crippen molar-refractivity contribution < 1.29 is 14.0 Å². The van der Waals surface area contributed by atoms with E-state index in [1.165, 1.54) is 0 Å². The van der Waals surface area contributed by atoms with Crippen molar-refractivity contribution in [3.05, 3.63) is 23.3 Å². The zero-order valence-corrected chi connectivity index (χ0v) is 14.0. The summed E-state index contributed by atoms with van der Waals surface area (Å²) in [4.78, 5) is 10.9. The van der Waals surface area contributed by atoms with Crippen LogP contribution in [0.25, 0.3) is 0 Å². The Morgan fingerprint density at radius 3 is 2.21 bits per heavy atom. The minimum atomic E-state index is -1.92. The molecular weight excluding hydrogens is 256 g/mol. The monoisotopic (exact) mass is 280 g/mol. The minimum Gasteiger partial charge on any atom is -0.541 e. The first-order valence-electron chi connectivity index (χ1n) is 6.45. The highest BCUT2D eigenvalue weighted by atomic mass is 28.4. The van der Waals surface area contributed by atoms with Crippen LogP contribution in [0.15, 0.2) is 12.1 Å². The van der Waals surface area contributed by atoms with Crippen LogP contribution in [0.2, 0.25) is 18.1 Å². The van der Waals surface area contributed by atoms with Crippen molar-refractivity contribution in [2.75, 3.05) is 7.11 Å². The summed E-state index contributed by atoms with van der Waals surface area (Å²) in [6.07, 6.45) is 0.825. The molecule has 0 aliphatic carbocycles. The van der Waals surface area contributed by atoms with Gasteiger partial charge in [-0.3, -0.25) is 4.79 Å². The van der Waals surface area contributed by atoms with E-state index >= 15 is 0 Å². The molecule has 0 aliphatic rings. The Balaban J connectivity index is 3.25. The lowest BCUT2D eigenvalue weighted by atomic mass is 10.1. The summed E-state index contributed by atoms with van der Waals surface area (Å²) < 4.78 is 11.7. The van der Waals surface area contributed by atoms with Crippen LogP contribution in [0.3, 0.4) is 0 Å². The normalized spacial score (nSPS) is 12.2. The molecule has 0 fully saturated rings. The quantitative estimate of drug-likeness (QED) is 0.612. The van der Waals surface area contributed by atoms with Gasteiger partial charge in [0.15, 0.2) is 5.75 Å². The highest BCUT2D eigenvalue weighted by Gasteiger charge is 2.39. The van der Waals surface area contributed by atoms with Gasteiger partial charge in [-0.2, -0.15) is 0 Å². The molecule has 1 aromatic rings. The average Bonchev–Trinajstić information content (AvgIpc) is 2.29. The largest absolute Gasteiger partial charge is 0.541 e. The third-order valence-electron chi connectivity index (χ3n) is 3.78. The molecular formula is C15H24O3Si. The number of methoxy groups -OCH3 is 1. The van der Waals surface area contributed by atoms with E-state index in [9.17, 15) is 4.79 Å². The summed E-state index contributed by atoms with van der Waals surface area (Å²) in [7, 11) is -0.322. The number of benzene rings is 1. The third-order valence-corrected chi connectivity index (χ3v) is 8.11. The van der Waals surface area contributed by atoms with E-state index in [4.69, 9.17) is 9.16 Å². The number of carbonyl (C=O) groups excluding carboxylic acids is 1. The molecule has 0 N–H and O–H groups in total. The van der Waals surface area contributed by atoms with Gasteiger partial charge in [-0.25, -0.2) is 0 Å². The van der Waals surface area contributed by atoms with Crippen molar-refractivity contribution in [1.29, 1.82) is 0 Å². The summed E-state index contributed by atoms with van der Waals surface area (Å²) in [5.41, 5.74) is 1.54. The highest BCUT2D eigenvalue weighted by Crippen LogP contribution is 2.41. The fourth-order valence-corrected chi connectivity index (χ4v) is 2.61. The molecule has 0 saturated heterocycles. The summed E-state index contributed by atoms with van der Waals surface area (Å²) in [5.74, 6) is 1.40. The van der Waals surface area contributed by atoms with Crippen molar-refractivity contribution in [1.82, 2.24) is 0 Å². The van der Waals surface area contributed by atoms with Crippen molar-refractivity contribution in [3.63, 3.8) is 0 Å². The lowest BCUT2D eigenvalue weighted by Crippen LogP contribution is -2.44. The molecule has 0 heterocycles. The summed E-state index contributed by atoms with van der Waals surface area (Å²) in [5, 5.41) is 0.119. The van der Waals surface area contributed by atoms with Crippen LogP contribution in [0, 0.1) is 6.92 Å². The summed E-state index contributed by atoms with van der Waals surface area (Å²) in [6.45, 7) is 12.9. The van der Waals surface area contributed by atoms with Crippen LogP contribution in [-0.2, 0) is 0 Å². The number of hydrogen-bond acceptors (Lipinski definition) is 3. The maximum Gasteiger partial charge on any atom is 0.250 e. The first-order valence-corrected chi connectivity index (χ1v) is 9.36. The number of rotatable bonds is 4. The van der Waals surface area contributed by atoms with Gasteiger partial charge in [-0.15, -0.1) is 0 Å². The SMILES string of the molecule is COc1cc(C=O)cc(C)c1O[Si](C)(C)C(C)(C)C. The van der Waals surface area contributed by atoms with E-state index < -0.39 is 8.32 Å². The van der Waals surface area contributed by atoms with Crippen molar-refractivity contribution >= 4 is 14.6 Å². The van der Waals surface area contributed by atoms with Crippen molar-refractivity contribution in [2.45, 2.75) is 45.8 Å². The van der Waals surface area contributed by atoms with Crippen LogP contribution >= 0.6 is 0 Å². The smallest absolute Gasteiger partial charge is 0.250 e. The molecule has 0 saturated carbocycles. The third kappa shape index (κ3) is 3.38. The zero-order chi connectivity index (χ0) is 14.8. The van der Waals surface area contributed by atoms with E-state index in [0.717, 1.165) is 17.6 Å². The van der Waals surface area contributed by atoms with Gasteiger partial charge in [0.05, 0.1) is 7.11 Å². The molecule has 19 heavy (non-hydrogen) atoms. The van der Waals surface area contributed by atoms with E-state index in [1.54, 1.807) is 13.2 Å². The second kappa shape index (κ2) is 5.37. The first kappa shape index (κ1) is 15.8. The number of ether oxygens (including phenoxy) is 1. The second-order valence-corrected chi connectivity index (χ2v) is 11.1. The fourth-order valence-electron chi connectivity index (χ4n) is 1.53. The topological polar surface area (TPSA) is 35.5 Å².